The molecule has 1 aromatic rings. The van der Waals surface area contributed by atoms with Gasteiger partial charge in [0.25, 0.3) is 0 Å². The Balaban J connectivity index is 2.63. The van der Waals surface area contributed by atoms with Crippen molar-refractivity contribution in [3.8, 4) is 5.75 Å². The van der Waals surface area contributed by atoms with Gasteiger partial charge in [-0.2, -0.15) is 0 Å². The Labute approximate surface area is 77.1 Å². The van der Waals surface area contributed by atoms with Crippen molar-refractivity contribution in [3.63, 3.8) is 0 Å². The maximum absolute atomic E-state index is 12.7. The number of halogens is 1. The fourth-order valence-corrected chi connectivity index (χ4v) is 0.920. The van der Waals surface area contributed by atoms with Crippen LogP contribution in [0, 0.1) is 6.92 Å². The average Bonchev–Trinajstić information content (AvgIpc) is 2.04. The van der Waals surface area contributed by atoms with E-state index < -0.39 is 0 Å². The topological polar surface area (TPSA) is 12.5 Å². The molecule has 0 bridgehead atoms. The number of aryl methyl sites for hydroxylation is 1. The molecule has 0 spiro atoms. The van der Waals surface area contributed by atoms with E-state index >= 15 is 0 Å². The number of hydroxylamine groups is 1. The fraction of sp³-hybridized carbons (Fsp3) is 0.200. The third kappa shape index (κ3) is 3.15. The maximum atomic E-state index is 12.7. The first-order chi connectivity index (χ1) is 6.22. The van der Waals surface area contributed by atoms with Crippen LogP contribution in [0.3, 0.4) is 0 Å². The maximum Gasteiger partial charge on any atom is 0.158 e. The van der Waals surface area contributed by atoms with Gasteiger partial charge in [-0.1, -0.05) is 22.7 Å². The van der Waals surface area contributed by atoms with Crippen LogP contribution in [0.15, 0.2) is 36.5 Å². The van der Waals surface area contributed by atoms with E-state index in [1.807, 2.05) is 19.1 Å². The number of rotatable bonds is 3. The highest BCUT2D eigenvalue weighted by atomic mass is 19.2. The number of nitrogens with zero attached hydrogens (tertiary/aromatic N) is 1. The van der Waals surface area contributed by atoms with Crippen LogP contribution in [0.5, 0.6) is 5.75 Å². The summed E-state index contributed by atoms with van der Waals surface area (Å²) in [6.45, 7) is 3.64. The molecule has 0 radical (unpaired) electrons. The van der Waals surface area contributed by atoms with Crippen LogP contribution in [0.2, 0.25) is 0 Å². The van der Waals surface area contributed by atoms with E-state index in [-0.39, 0.29) is 5.29 Å². The molecule has 0 amide bonds. The molecule has 13 heavy (non-hydrogen) atoms. The number of hydrogen-bond acceptors (Lipinski definition) is 2. The van der Waals surface area contributed by atoms with Crippen LogP contribution < -0.4 is 4.84 Å². The molecule has 0 atom stereocenters. The lowest BCUT2D eigenvalue weighted by atomic mass is 10.2. The predicted octanol–water partition coefficient (Wildman–Crippen LogP) is 3.01. The van der Waals surface area contributed by atoms with Crippen molar-refractivity contribution in [1.29, 1.82) is 0 Å². The summed E-state index contributed by atoms with van der Waals surface area (Å²) in [5.74, 6) is 0.487. The Kier molecular flexibility index (Phi) is 3.31. The van der Waals surface area contributed by atoms with Crippen molar-refractivity contribution < 1.29 is 9.32 Å². The second-order valence-electron chi connectivity index (χ2n) is 2.66. The van der Waals surface area contributed by atoms with Gasteiger partial charge in [0.1, 0.15) is 0 Å². The molecule has 0 unspecified atom stereocenters. The summed E-state index contributed by atoms with van der Waals surface area (Å²) >= 11 is 0. The molecule has 0 aliphatic rings. The van der Waals surface area contributed by atoms with E-state index in [4.69, 9.17) is 4.84 Å². The summed E-state index contributed by atoms with van der Waals surface area (Å²) in [7, 11) is 0. The van der Waals surface area contributed by atoms with Gasteiger partial charge in [-0.15, -0.1) is 0 Å². The first-order valence-corrected chi connectivity index (χ1v) is 4.05. The largest absolute Gasteiger partial charge is 0.350 e. The number of benzene rings is 1. The second-order valence-corrected chi connectivity index (χ2v) is 2.66. The van der Waals surface area contributed by atoms with Crippen LogP contribution in [0.1, 0.15) is 12.5 Å². The van der Waals surface area contributed by atoms with E-state index in [1.165, 1.54) is 6.20 Å². The van der Waals surface area contributed by atoms with Crippen LogP contribution in [0.4, 0.5) is 4.48 Å². The molecule has 70 valence electrons. The first kappa shape index (κ1) is 9.58. The van der Waals surface area contributed by atoms with E-state index in [1.54, 1.807) is 25.1 Å². The minimum Gasteiger partial charge on any atom is -0.350 e. The van der Waals surface area contributed by atoms with Gasteiger partial charge in [0.05, 0.1) is 6.20 Å². The molecule has 0 aliphatic carbocycles. The summed E-state index contributed by atoms with van der Waals surface area (Å²) in [5, 5.41) is 0.175. The fourth-order valence-electron chi connectivity index (χ4n) is 0.920. The summed E-state index contributed by atoms with van der Waals surface area (Å²) in [4.78, 5) is 4.82. The monoisotopic (exact) mass is 181 g/mol. The highest BCUT2D eigenvalue weighted by molar-refractivity contribution is 5.27. The van der Waals surface area contributed by atoms with Crippen molar-refractivity contribution in [2.45, 2.75) is 13.8 Å². The van der Waals surface area contributed by atoms with Crippen LogP contribution in [-0.4, -0.2) is 5.29 Å². The Morgan fingerprint density at radius 2 is 2.23 bits per heavy atom. The first-order valence-electron chi connectivity index (χ1n) is 4.05. The van der Waals surface area contributed by atoms with Crippen molar-refractivity contribution >= 4 is 0 Å². The van der Waals surface area contributed by atoms with Gasteiger partial charge < -0.3 is 4.84 Å². The van der Waals surface area contributed by atoms with E-state index in [0.29, 0.717) is 5.75 Å². The Morgan fingerprint density at radius 1 is 1.46 bits per heavy atom. The zero-order valence-corrected chi connectivity index (χ0v) is 7.70. The zero-order chi connectivity index (χ0) is 9.68. The summed E-state index contributed by atoms with van der Waals surface area (Å²) in [6, 6.07) is 7.19. The Morgan fingerprint density at radius 3 is 2.85 bits per heavy atom. The van der Waals surface area contributed by atoms with E-state index in [2.05, 4.69) is 0 Å². The van der Waals surface area contributed by atoms with Gasteiger partial charge in [-0.25, -0.2) is 0 Å². The molecule has 0 aromatic heterocycles. The van der Waals surface area contributed by atoms with Gasteiger partial charge in [0.15, 0.2) is 5.75 Å². The summed E-state index contributed by atoms with van der Waals surface area (Å²) < 4.78 is 12.7. The molecule has 0 heterocycles. The molecule has 0 aliphatic heterocycles. The van der Waals surface area contributed by atoms with Crippen LogP contribution >= 0.6 is 0 Å². The lowest BCUT2D eigenvalue weighted by Crippen LogP contribution is -2.09. The third-order valence-electron chi connectivity index (χ3n) is 1.45. The molecule has 0 saturated heterocycles. The van der Waals surface area contributed by atoms with Gasteiger partial charge in [-0.05, 0) is 36.8 Å². The van der Waals surface area contributed by atoms with Gasteiger partial charge in [0.2, 0.25) is 0 Å². The molecule has 0 fully saturated rings. The smallest absolute Gasteiger partial charge is 0.158 e. The SMILES string of the molecule is C/C=C/N(F)Oc1cccc(C)c1. The molecule has 1 aromatic carbocycles. The Hall–Kier alpha value is -1.51. The van der Waals surface area contributed by atoms with Crippen LogP contribution in [-0.2, 0) is 0 Å². The normalized spacial score (nSPS) is 10.4. The summed E-state index contributed by atoms with van der Waals surface area (Å²) in [6.07, 6.45) is 2.75. The van der Waals surface area contributed by atoms with Crippen LogP contribution in [0.25, 0.3) is 0 Å². The third-order valence-corrected chi connectivity index (χ3v) is 1.45. The van der Waals surface area contributed by atoms with Crippen molar-refractivity contribution in [3.05, 3.63) is 42.1 Å². The van der Waals surface area contributed by atoms with E-state index in [0.717, 1.165) is 5.56 Å². The Bertz CT molecular complexity index is 299. The molecule has 2 nitrogen and oxygen atoms in total. The second kappa shape index (κ2) is 4.50. The highest BCUT2D eigenvalue weighted by Crippen LogP contribution is 2.14. The van der Waals surface area contributed by atoms with Gasteiger partial charge in [-0.3, -0.25) is 0 Å². The molecular weight excluding hydrogens is 169 g/mol. The quantitative estimate of drug-likeness (QED) is 0.525. The standard InChI is InChI=1S/C10H12FNO/c1-3-7-12(11)13-10-6-4-5-9(2)8-10/h3-8H,1-2H3/b7-3+. The lowest BCUT2D eigenvalue weighted by Gasteiger charge is -2.09. The number of allylic oxidation sites excluding steroid dienone is 1. The molecule has 0 saturated carbocycles. The van der Waals surface area contributed by atoms with E-state index in [9.17, 15) is 4.48 Å². The molecule has 0 N–H and O–H groups in total. The van der Waals surface area contributed by atoms with Gasteiger partial charge >= 0.3 is 0 Å². The molecule has 1 rings (SSSR count). The minimum atomic E-state index is 0.175. The van der Waals surface area contributed by atoms with Crippen molar-refractivity contribution in [2.24, 2.45) is 0 Å². The van der Waals surface area contributed by atoms with Gasteiger partial charge in [0, 0.05) is 0 Å². The predicted molar refractivity (Wildman–Crippen MR) is 49.6 cm³/mol. The minimum absolute atomic E-state index is 0.175. The van der Waals surface area contributed by atoms with Crippen molar-refractivity contribution in [2.75, 3.05) is 0 Å². The molecule has 3 heteroatoms. The highest BCUT2D eigenvalue weighted by Gasteiger charge is 1.98. The lowest BCUT2D eigenvalue weighted by molar-refractivity contribution is -0.164. The zero-order valence-electron chi connectivity index (χ0n) is 7.70. The summed E-state index contributed by atoms with van der Waals surface area (Å²) in [5.41, 5.74) is 1.03. The number of hydrogen-bond donors (Lipinski definition) is 0. The van der Waals surface area contributed by atoms with Crippen molar-refractivity contribution in [1.82, 2.24) is 5.29 Å². The average molecular weight is 181 g/mol. The molecular formula is C10H12FNO.